The van der Waals surface area contributed by atoms with Crippen LogP contribution in [-0.2, 0) is 0 Å². The fourth-order valence-electron chi connectivity index (χ4n) is 1.96. The predicted molar refractivity (Wildman–Crippen MR) is 74.4 cm³/mol. The average molecular weight is 242 g/mol. The van der Waals surface area contributed by atoms with E-state index >= 15 is 0 Å². The van der Waals surface area contributed by atoms with Crippen LogP contribution in [0.4, 0.5) is 11.8 Å². The molecule has 0 spiro atoms. The Morgan fingerprint density at radius 2 is 1.89 bits per heavy atom. The molecular weight excluding hydrogens is 224 g/mol. The second kappa shape index (κ2) is 5.04. The van der Waals surface area contributed by atoms with E-state index in [0.29, 0.717) is 5.95 Å². The van der Waals surface area contributed by atoms with Crippen molar-refractivity contribution in [3.63, 3.8) is 0 Å². The van der Waals surface area contributed by atoms with E-state index in [1.54, 1.807) is 6.20 Å². The minimum absolute atomic E-state index is 0.180. The van der Waals surface area contributed by atoms with Crippen molar-refractivity contribution in [2.24, 2.45) is 0 Å². The third-order valence-electron chi connectivity index (χ3n) is 3.00. The van der Waals surface area contributed by atoms with Crippen molar-refractivity contribution in [3.8, 4) is 0 Å². The summed E-state index contributed by atoms with van der Waals surface area (Å²) in [7, 11) is 0. The van der Waals surface area contributed by atoms with Crippen LogP contribution in [0.25, 0.3) is 0 Å². The lowest BCUT2D eigenvalue weighted by Gasteiger charge is -2.18. The average Bonchev–Trinajstić information content (AvgIpc) is 2.34. The molecule has 1 unspecified atom stereocenters. The fourth-order valence-corrected chi connectivity index (χ4v) is 1.96. The Morgan fingerprint density at radius 3 is 2.61 bits per heavy atom. The van der Waals surface area contributed by atoms with Crippen molar-refractivity contribution in [1.29, 1.82) is 0 Å². The lowest BCUT2D eigenvalue weighted by Crippen LogP contribution is -2.11. The SMILES string of the molecule is Cc1ccccc1C(C)Nc1nc(N)ncc1C. The fraction of sp³-hybridized carbons (Fsp3) is 0.286. The zero-order valence-electron chi connectivity index (χ0n) is 10.9. The maximum absolute atomic E-state index is 5.61. The van der Waals surface area contributed by atoms with Crippen LogP contribution < -0.4 is 11.1 Å². The first-order chi connectivity index (χ1) is 8.58. The highest BCUT2D eigenvalue weighted by atomic mass is 15.1. The van der Waals surface area contributed by atoms with Crippen LogP contribution in [0.2, 0.25) is 0 Å². The van der Waals surface area contributed by atoms with Gasteiger partial charge in [0.2, 0.25) is 5.95 Å². The molecule has 2 rings (SSSR count). The summed E-state index contributed by atoms with van der Waals surface area (Å²) in [4.78, 5) is 8.19. The zero-order chi connectivity index (χ0) is 13.1. The zero-order valence-corrected chi connectivity index (χ0v) is 10.9. The highest BCUT2D eigenvalue weighted by molar-refractivity contribution is 5.47. The van der Waals surface area contributed by atoms with Gasteiger partial charge in [-0.3, -0.25) is 0 Å². The summed E-state index contributed by atoms with van der Waals surface area (Å²) in [5.41, 5.74) is 9.12. The molecule has 94 valence electrons. The van der Waals surface area contributed by atoms with Crippen LogP contribution in [-0.4, -0.2) is 9.97 Å². The predicted octanol–water partition coefficient (Wildman–Crippen LogP) is 2.85. The molecule has 0 bridgehead atoms. The summed E-state index contributed by atoms with van der Waals surface area (Å²) < 4.78 is 0. The van der Waals surface area contributed by atoms with Crippen LogP contribution in [0.1, 0.15) is 29.7 Å². The van der Waals surface area contributed by atoms with Crippen molar-refractivity contribution in [3.05, 3.63) is 47.2 Å². The van der Waals surface area contributed by atoms with Gasteiger partial charge < -0.3 is 11.1 Å². The molecule has 0 saturated carbocycles. The van der Waals surface area contributed by atoms with Gasteiger partial charge in [-0.2, -0.15) is 4.98 Å². The molecule has 18 heavy (non-hydrogen) atoms. The third kappa shape index (κ3) is 2.59. The van der Waals surface area contributed by atoms with E-state index in [2.05, 4.69) is 41.3 Å². The molecule has 0 saturated heterocycles. The smallest absolute Gasteiger partial charge is 0.221 e. The quantitative estimate of drug-likeness (QED) is 0.868. The molecule has 1 heterocycles. The molecule has 2 aromatic rings. The molecule has 4 heteroatoms. The van der Waals surface area contributed by atoms with Gasteiger partial charge in [0.05, 0.1) is 6.04 Å². The van der Waals surface area contributed by atoms with Gasteiger partial charge >= 0.3 is 0 Å². The maximum atomic E-state index is 5.61. The third-order valence-corrected chi connectivity index (χ3v) is 3.00. The van der Waals surface area contributed by atoms with E-state index in [-0.39, 0.29) is 6.04 Å². The molecule has 1 atom stereocenters. The van der Waals surface area contributed by atoms with Crippen molar-refractivity contribution < 1.29 is 0 Å². The first kappa shape index (κ1) is 12.4. The normalized spacial score (nSPS) is 12.2. The second-order valence-electron chi connectivity index (χ2n) is 4.48. The van der Waals surface area contributed by atoms with Gasteiger partial charge in [-0.05, 0) is 31.9 Å². The number of aryl methyl sites for hydroxylation is 2. The number of nitrogen functional groups attached to an aromatic ring is 1. The Balaban J connectivity index is 2.24. The van der Waals surface area contributed by atoms with Crippen molar-refractivity contribution in [2.75, 3.05) is 11.1 Å². The van der Waals surface area contributed by atoms with Gasteiger partial charge in [0.1, 0.15) is 5.82 Å². The number of anilines is 2. The van der Waals surface area contributed by atoms with Gasteiger partial charge in [-0.1, -0.05) is 24.3 Å². The maximum Gasteiger partial charge on any atom is 0.221 e. The molecule has 1 aromatic heterocycles. The number of hydrogen-bond acceptors (Lipinski definition) is 4. The number of hydrogen-bond donors (Lipinski definition) is 2. The van der Waals surface area contributed by atoms with E-state index in [1.807, 2.05) is 19.1 Å². The van der Waals surface area contributed by atoms with Crippen LogP contribution in [0.3, 0.4) is 0 Å². The Labute approximate surface area is 107 Å². The van der Waals surface area contributed by atoms with E-state index in [0.717, 1.165) is 11.4 Å². The molecule has 4 nitrogen and oxygen atoms in total. The molecule has 0 aliphatic rings. The summed E-state index contributed by atoms with van der Waals surface area (Å²) in [6.07, 6.45) is 1.73. The monoisotopic (exact) mass is 242 g/mol. The van der Waals surface area contributed by atoms with Crippen molar-refractivity contribution in [2.45, 2.75) is 26.8 Å². The Morgan fingerprint density at radius 1 is 1.17 bits per heavy atom. The summed E-state index contributed by atoms with van der Waals surface area (Å²) in [6, 6.07) is 8.49. The van der Waals surface area contributed by atoms with Gasteiger partial charge in [0.25, 0.3) is 0 Å². The standard InChI is InChI=1S/C14H18N4/c1-9-6-4-5-7-12(9)11(3)17-13-10(2)8-16-14(15)18-13/h4-8,11H,1-3H3,(H3,15,16,17,18). The van der Waals surface area contributed by atoms with Gasteiger partial charge in [-0.25, -0.2) is 4.98 Å². The van der Waals surface area contributed by atoms with E-state index in [1.165, 1.54) is 11.1 Å². The van der Waals surface area contributed by atoms with E-state index in [4.69, 9.17) is 5.73 Å². The first-order valence-corrected chi connectivity index (χ1v) is 5.99. The minimum Gasteiger partial charge on any atom is -0.368 e. The van der Waals surface area contributed by atoms with Crippen LogP contribution in [0.5, 0.6) is 0 Å². The van der Waals surface area contributed by atoms with Crippen LogP contribution >= 0.6 is 0 Å². The molecule has 0 radical (unpaired) electrons. The highest BCUT2D eigenvalue weighted by Crippen LogP contribution is 2.22. The molecule has 0 fully saturated rings. The van der Waals surface area contributed by atoms with Crippen LogP contribution in [0.15, 0.2) is 30.5 Å². The summed E-state index contributed by atoms with van der Waals surface area (Å²) in [5.74, 6) is 1.08. The molecule has 0 amide bonds. The largest absolute Gasteiger partial charge is 0.368 e. The van der Waals surface area contributed by atoms with Gasteiger partial charge in [0.15, 0.2) is 0 Å². The lowest BCUT2D eigenvalue weighted by molar-refractivity contribution is 0.860. The summed E-state index contributed by atoms with van der Waals surface area (Å²) in [6.45, 7) is 6.18. The number of rotatable bonds is 3. The molecule has 0 aliphatic carbocycles. The Kier molecular flexibility index (Phi) is 3.46. The number of nitrogens with two attached hydrogens (primary N) is 1. The number of aromatic nitrogens is 2. The van der Waals surface area contributed by atoms with Gasteiger partial charge in [-0.15, -0.1) is 0 Å². The highest BCUT2D eigenvalue weighted by Gasteiger charge is 2.10. The minimum atomic E-state index is 0.180. The Bertz CT molecular complexity index is 551. The molecular formula is C14H18N4. The molecule has 1 aromatic carbocycles. The number of benzene rings is 1. The summed E-state index contributed by atoms with van der Waals surface area (Å²) in [5, 5.41) is 3.38. The number of nitrogens with one attached hydrogen (secondary N) is 1. The van der Waals surface area contributed by atoms with E-state index < -0.39 is 0 Å². The Hall–Kier alpha value is -2.10. The van der Waals surface area contributed by atoms with Crippen molar-refractivity contribution >= 4 is 11.8 Å². The second-order valence-corrected chi connectivity index (χ2v) is 4.48. The lowest BCUT2D eigenvalue weighted by atomic mass is 10.0. The van der Waals surface area contributed by atoms with E-state index in [9.17, 15) is 0 Å². The number of nitrogens with zero attached hydrogens (tertiary/aromatic N) is 2. The molecule has 3 N–H and O–H groups in total. The van der Waals surface area contributed by atoms with Gasteiger partial charge in [0, 0.05) is 11.8 Å². The topological polar surface area (TPSA) is 63.8 Å². The van der Waals surface area contributed by atoms with Crippen LogP contribution in [0, 0.1) is 13.8 Å². The van der Waals surface area contributed by atoms with Crippen molar-refractivity contribution in [1.82, 2.24) is 9.97 Å². The first-order valence-electron chi connectivity index (χ1n) is 5.99. The molecule has 0 aliphatic heterocycles. The summed E-state index contributed by atoms with van der Waals surface area (Å²) >= 11 is 0.